The molecule has 0 saturated heterocycles. The zero-order chi connectivity index (χ0) is 19.4. The zero-order valence-corrected chi connectivity index (χ0v) is 14.9. The van der Waals surface area contributed by atoms with Crippen molar-refractivity contribution in [1.29, 1.82) is 0 Å². The van der Waals surface area contributed by atoms with Crippen LogP contribution < -0.4 is 5.32 Å². The van der Waals surface area contributed by atoms with Crippen LogP contribution in [-0.4, -0.2) is 31.8 Å². The Bertz CT molecular complexity index is 1010. The summed E-state index contributed by atoms with van der Waals surface area (Å²) >= 11 is 1.06. The van der Waals surface area contributed by atoms with Gasteiger partial charge in [-0.1, -0.05) is 30.0 Å². The highest BCUT2D eigenvalue weighted by atomic mass is 32.2. The van der Waals surface area contributed by atoms with Gasteiger partial charge in [0.05, 0.1) is 21.9 Å². The van der Waals surface area contributed by atoms with Crippen LogP contribution in [-0.2, 0) is 4.79 Å². The van der Waals surface area contributed by atoms with Crippen molar-refractivity contribution in [2.24, 2.45) is 0 Å². The van der Waals surface area contributed by atoms with E-state index < -0.39 is 10.7 Å². The van der Waals surface area contributed by atoms with Crippen molar-refractivity contribution in [2.45, 2.75) is 12.1 Å². The van der Waals surface area contributed by atoms with Crippen LogP contribution in [0.15, 0.2) is 47.6 Å². The fourth-order valence-electron chi connectivity index (χ4n) is 2.26. The molecule has 2 aromatic carbocycles. The van der Waals surface area contributed by atoms with E-state index in [0.29, 0.717) is 16.4 Å². The quantitative estimate of drug-likeness (QED) is 0.380. The lowest BCUT2D eigenvalue weighted by Gasteiger charge is -2.07. The molecule has 0 aliphatic rings. The van der Waals surface area contributed by atoms with Gasteiger partial charge in [-0.25, -0.2) is 9.37 Å². The van der Waals surface area contributed by atoms with Gasteiger partial charge in [0, 0.05) is 12.1 Å². The predicted octanol–water partition coefficient (Wildman–Crippen LogP) is 3.56. The second-order valence-corrected chi connectivity index (χ2v) is 6.48. The summed E-state index contributed by atoms with van der Waals surface area (Å²) < 4.78 is 13.8. The van der Waals surface area contributed by atoms with Crippen molar-refractivity contribution in [3.8, 4) is 11.4 Å². The Kier molecular flexibility index (Phi) is 5.46. The summed E-state index contributed by atoms with van der Waals surface area (Å²) in [6.07, 6.45) is 0. The number of benzene rings is 2. The highest BCUT2D eigenvalue weighted by Crippen LogP contribution is 2.24. The van der Waals surface area contributed by atoms with Gasteiger partial charge in [0.2, 0.25) is 11.1 Å². The maximum Gasteiger partial charge on any atom is 0.271 e. The summed E-state index contributed by atoms with van der Waals surface area (Å²) in [5, 5.41) is 20.4. The van der Waals surface area contributed by atoms with E-state index in [1.165, 1.54) is 18.2 Å². The molecular weight excluding hydrogens is 373 g/mol. The first-order chi connectivity index (χ1) is 12.9. The number of nitro groups is 1. The molecule has 1 amide bonds. The van der Waals surface area contributed by atoms with Gasteiger partial charge in [-0.15, -0.1) is 5.10 Å². The number of non-ortho nitro benzene ring substituents is 1. The third-order valence-corrected chi connectivity index (χ3v) is 4.48. The first kappa shape index (κ1) is 18.5. The van der Waals surface area contributed by atoms with Crippen LogP contribution in [0.25, 0.3) is 11.4 Å². The van der Waals surface area contributed by atoms with Gasteiger partial charge in [0.25, 0.3) is 5.69 Å². The number of amides is 1. The first-order valence-electron chi connectivity index (χ1n) is 7.79. The molecule has 27 heavy (non-hydrogen) atoms. The van der Waals surface area contributed by atoms with Crippen molar-refractivity contribution in [3.63, 3.8) is 0 Å². The van der Waals surface area contributed by atoms with Crippen molar-refractivity contribution >= 4 is 29.0 Å². The number of nitrogens with zero attached hydrogens (tertiary/aromatic N) is 3. The van der Waals surface area contributed by atoms with Crippen LogP contribution in [0.3, 0.4) is 0 Å². The molecule has 3 aromatic rings. The number of carbonyl (C=O) groups excluding carboxylic acids is 1. The molecule has 0 aliphatic heterocycles. The first-order valence-corrected chi connectivity index (χ1v) is 8.77. The molecule has 1 heterocycles. The molecule has 0 aliphatic carbocycles. The number of nitrogens with one attached hydrogen (secondary N) is 2. The zero-order valence-electron chi connectivity index (χ0n) is 14.1. The molecule has 3 rings (SSSR count). The van der Waals surface area contributed by atoms with E-state index in [2.05, 4.69) is 20.5 Å². The van der Waals surface area contributed by atoms with Gasteiger partial charge < -0.3 is 5.32 Å². The predicted molar refractivity (Wildman–Crippen MR) is 99.0 cm³/mol. The van der Waals surface area contributed by atoms with Gasteiger partial charge >= 0.3 is 0 Å². The minimum atomic E-state index is -0.526. The van der Waals surface area contributed by atoms with E-state index in [-0.39, 0.29) is 28.7 Å². The molecule has 0 radical (unpaired) electrons. The van der Waals surface area contributed by atoms with Crippen molar-refractivity contribution < 1.29 is 14.1 Å². The largest absolute Gasteiger partial charge is 0.325 e. The van der Waals surface area contributed by atoms with E-state index in [1.54, 1.807) is 31.2 Å². The minimum Gasteiger partial charge on any atom is -0.325 e. The second kappa shape index (κ2) is 7.96. The van der Waals surface area contributed by atoms with Crippen LogP contribution in [0.5, 0.6) is 0 Å². The third-order valence-electron chi connectivity index (χ3n) is 3.63. The lowest BCUT2D eigenvalue weighted by atomic mass is 10.2. The standard InChI is InChI=1S/C17H14FN5O3S/c1-10-6-7-11(23(25)26)8-14(10)19-15(24)9-27-17-20-16(21-22-17)12-4-2-3-5-13(12)18/h2-8H,9H2,1H3,(H,19,24)(H,20,21,22). The van der Waals surface area contributed by atoms with Gasteiger partial charge in [0.1, 0.15) is 5.82 Å². The average Bonchev–Trinajstić information content (AvgIpc) is 3.11. The summed E-state index contributed by atoms with van der Waals surface area (Å²) in [4.78, 5) is 26.6. The van der Waals surface area contributed by atoms with Crippen molar-refractivity contribution in [2.75, 3.05) is 11.1 Å². The number of aromatic amines is 1. The Morgan fingerprint density at radius 2 is 2.11 bits per heavy atom. The summed E-state index contributed by atoms with van der Waals surface area (Å²) in [5.74, 6) is -0.521. The summed E-state index contributed by atoms with van der Waals surface area (Å²) in [6.45, 7) is 1.74. The highest BCUT2D eigenvalue weighted by Gasteiger charge is 2.14. The Morgan fingerprint density at radius 3 is 2.85 bits per heavy atom. The van der Waals surface area contributed by atoms with Gasteiger partial charge in [-0.05, 0) is 24.6 Å². The lowest BCUT2D eigenvalue weighted by molar-refractivity contribution is -0.384. The molecule has 138 valence electrons. The number of nitro benzene ring substituents is 1. The SMILES string of the molecule is Cc1ccc([N+](=O)[O-])cc1NC(=O)CSc1n[nH]c(-c2ccccc2F)n1. The van der Waals surface area contributed by atoms with Crippen LogP contribution in [0, 0.1) is 22.9 Å². The molecule has 1 aromatic heterocycles. The van der Waals surface area contributed by atoms with Crippen LogP contribution in [0.4, 0.5) is 15.8 Å². The fourth-order valence-corrected chi connectivity index (χ4v) is 2.86. The van der Waals surface area contributed by atoms with Crippen LogP contribution >= 0.6 is 11.8 Å². The Morgan fingerprint density at radius 1 is 1.33 bits per heavy atom. The van der Waals surface area contributed by atoms with Crippen LogP contribution in [0.1, 0.15) is 5.56 Å². The molecule has 10 heteroatoms. The van der Waals surface area contributed by atoms with E-state index in [0.717, 1.165) is 11.8 Å². The number of halogens is 1. The van der Waals surface area contributed by atoms with E-state index in [4.69, 9.17) is 0 Å². The Balaban J connectivity index is 1.63. The Labute approximate surface area is 157 Å². The van der Waals surface area contributed by atoms with Crippen molar-refractivity contribution in [1.82, 2.24) is 15.2 Å². The summed E-state index contributed by atoms with van der Waals surface area (Å²) in [5.41, 5.74) is 1.26. The second-order valence-electron chi connectivity index (χ2n) is 5.54. The monoisotopic (exact) mass is 387 g/mol. The number of thioether (sulfide) groups is 1. The average molecular weight is 387 g/mol. The smallest absolute Gasteiger partial charge is 0.271 e. The summed E-state index contributed by atoms with van der Waals surface area (Å²) in [7, 11) is 0. The minimum absolute atomic E-state index is 0.00328. The maximum absolute atomic E-state index is 13.8. The number of aryl methyl sites for hydroxylation is 1. The van der Waals surface area contributed by atoms with Gasteiger partial charge in [0.15, 0.2) is 5.82 Å². The number of rotatable bonds is 6. The number of anilines is 1. The normalized spacial score (nSPS) is 10.6. The van der Waals surface area contributed by atoms with E-state index in [1.807, 2.05) is 0 Å². The number of hydrogen-bond acceptors (Lipinski definition) is 6. The molecule has 0 atom stereocenters. The number of hydrogen-bond donors (Lipinski definition) is 2. The highest BCUT2D eigenvalue weighted by molar-refractivity contribution is 7.99. The molecule has 8 nitrogen and oxygen atoms in total. The fraction of sp³-hybridized carbons (Fsp3) is 0.118. The molecular formula is C17H14FN5O3S. The number of carbonyl (C=O) groups is 1. The third kappa shape index (κ3) is 4.47. The molecule has 0 saturated carbocycles. The Hall–Kier alpha value is -3.27. The number of H-pyrrole nitrogens is 1. The molecule has 0 unspecified atom stereocenters. The lowest BCUT2D eigenvalue weighted by Crippen LogP contribution is -2.15. The van der Waals surface area contributed by atoms with E-state index in [9.17, 15) is 19.3 Å². The summed E-state index contributed by atoms with van der Waals surface area (Å²) in [6, 6.07) is 10.4. The van der Waals surface area contributed by atoms with Crippen molar-refractivity contribution in [3.05, 3.63) is 64.0 Å². The molecule has 0 spiro atoms. The van der Waals surface area contributed by atoms with Gasteiger partial charge in [-0.2, -0.15) is 0 Å². The molecule has 2 N–H and O–H groups in total. The van der Waals surface area contributed by atoms with Gasteiger partial charge in [-0.3, -0.25) is 20.0 Å². The van der Waals surface area contributed by atoms with E-state index >= 15 is 0 Å². The van der Waals surface area contributed by atoms with Crippen LogP contribution in [0.2, 0.25) is 0 Å². The molecule has 0 fully saturated rings. The topological polar surface area (TPSA) is 114 Å². The molecule has 0 bridgehead atoms. The maximum atomic E-state index is 13.8. The number of aromatic nitrogens is 3.